The van der Waals surface area contributed by atoms with Crippen LogP contribution in [0.3, 0.4) is 0 Å². The molecule has 2 heterocycles. The molecule has 4 rings (SSSR count). The van der Waals surface area contributed by atoms with Crippen molar-refractivity contribution in [1.82, 2.24) is 9.55 Å². The zero-order valence-corrected chi connectivity index (χ0v) is 16.1. The molecule has 0 spiro atoms. The summed E-state index contributed by atoms with van der Waals surface area (Å²) in [5.74, 6) is -0.0557. The van der Waals surface area contributed by atoms with Crippen molar-refractivity contribution in [1.29, 1.82) is 0 Å². The molecule has 0 radical (unpaired) electrons. The van der Waals surface area contributed by atoms with Crippen LogP contribution in [0.15, 0.2) is 44.1 Å². The molecule has 108 valence electrons. The number of carbonyl (C=O) groups excluding carboxylic acids is 1. The summed E-state index contributed by atoms with van der Waals surface area (Å²) in [4.78, 5) is 29.8. The van der Waals surface area contributed by atoms with Crippen LogP contribution >= 0.6 is 54.5 Å². The van der Waals surface area contributed by atoms with E-state index in [0.717, 1.165) is 8.04 Å². The van der Waals surface area contributed by atoms with E-state index in [2.05, 4.69) is 59.4 Å². The molecular formula is C15H5Br2IN2O2. The SMILES string of the molecule is O=C1c2cc(I)ccc2-n2c1nc1c(Br)cc(Br)cc1c2=O. The third-order valence-corrected chi connectivity index (χ3v) is 5.27. The largest absolute Gasteiger partial charge is 0.285 e. The zero-order chi connectivity index (χ0) is 15.6. The van der Waals surface area contributed by atoms with Crippen molar-refractivity contribution >= 4 is 71.1 Å². The van der Waals surface area contributed by atoms with Gasteiger partial charge in [-0.3, -0.25) is 14.2 Å². The first kappa shape index (κ1) is 14.5. The molecule has 4 nitrogen and oxygen atoms in total. The molecule has 0 amide bonds. The molecule has 0 N–H and O–H groups in total. The lowest BCUT2D eigenvalue weighted by atomic mass is 10.1. The van der Waals surface area contributed by atoms with Gasteiger partial charge in [-0.25, -0.2) is 4.98 Å². The minimum atomic E-state index is -0.240. The minimum Gasteiger partial charge on any atom is -0.285 e. The van der Waals surface area contributed by atoms with Gasteiger partial charge in [0.2, 0.25) is 5.78 Å². The second-order valence-corrected chi connectivity index (χ2v) is 7.87. The average Bonchev–Trinajstić information content (AvgIpc) is 2.74. The van der Waals surface area contributed by atoms with Crippen molar-refractivity contribution in [3.8, 4) is 5.69 Å². The topological polar surface area (TPSA) is 52.0 Å². The molecular weight excluding hydrogens is 527 g/mol. The predicted octanol–water partition coefficient (Wildman–Crippen LogP) is 4.06. The summed E-state index contributed by atoms with van der Waals surface area (Å²) in [5.41, 5.74) is 1.36. The first-order valence-corrected chi connectivity index (χ1v) is 8.90. The highest BCUT2D eigenvalue weighted by molar-refractivity contribution is 14.1. The van der Waals surface area contributed by atoms with Crippen LogP contribution < -0.4 is 5.56 Å². The second kappa shape index (κ2) is 4.97. The number of nitrogens with zero attached hydrogens (tertiary/aromatic N) is 2. The number of aromatic nitrogens is 2. The molecule has 1 aromatic heterocycles. The molecule has 1 aliphatic heterocycles. The van der Waals surface area contributed by atoms with E-state index >= 15 is 0 Å². The number of benzene rings is 2. The molecule has 2 aromatic carbocycles. The Bertz CT molecular complexity index is 1060. The van der Waals surface area contributed by atoms with E-state index in [0.29, 0.717) is 26.6 Å². The van der Waals surface area contributed by atoms with Gasteiger partial charge < -0.3 is 0 Å². The number of hydrogen-bond acceptors (Lipinski definition) is 3. The van der Waals surface area contributed by atoms with Gasteiger partial charge in [-0.05, 0) is 68.9 Å². The fourth-order valence-electron chi connectivity index (χ4n) is 2.60. The number of carbonyl (C=O) groups is 1. The molecule has 22 heavy (non-hydrogen) atoms. The van der Waals surface area contributed by atoms with Crippen molar-refractivity contribution in [3.63, 3.8) is 0 Å². The fraction of sp³-hybridized carbons (Fsp3) is 0. The Kier molecular flexibility index (Phi) is 3.28. The van der Waals surface area contributed by atoms with Crippen LogP contribution in [0.5, 0.6) is 0 Å². The van der Waals surface area contributed by atoms with Crippen LogP contribution in [0.1, 0.15) is 16.2 Å². The van der Waals surface area contributed by atoms with Gasteiger partial charge in [-0.15, -0.1) is 0 Å². The molecule has 7 heteroatoms. The zero-order valence-electron chi connectivity index (χ0n) is 10.7. The molecule has 0 bridgehead atoms. The Morgan fingerprint density at radius 1 is 1.09 bits per heavy atom. The van der Waals surface area contributed by atoms with Gasteiger partial charge in [-0.1, -0.05) is 15.9 Å². The Morgan fingerprint density at radius 3 is 2.64 bits per heavy atom. The average molecular weight is 532 g/mol. The number of hydrogen-bond donors (Lipinski definition) is 0. The lowest BCUT2D eigenvalue weighted by Gasteiger charge is -2.07. The monoisotopic (exact) mass is 530 g/mol. The molecule has 0 unspecified atom stereocenters. The van der Waals surface area contributed by atoms with Crippen LogP contribution in [0.25, 0.3) is 16.6 Å². The van der Waals surface area contributed by atoms with E-state index in [-0.39, 0.29) is 17.2 Å². The van der Waals surface area contributed by atoms with Crippen LogP contribution in [0.2, 0.25) is 0 Å². The first-order chi connectivity index (χ1) is 10.5. The van der Waals surface area contributed by atoms with Crippen molar-refractivity contribution < 1.29 is 4.79 Å². The Morgan fingerprint density at radius 2 is 1.86 bits per heavy atom. The molecule has 1 aliphatic rings. The summed E-state index contributed by atoms with van der Waals surface area (Å²) >= 11 is 8.92. The van der Waals surface area contributed by atoms with Gasteiger partial charge in [0.05, 0.1) is 22.2 Å². The number of rotatable bonds is 0. The second-order valence-electron chi connectivity index (χ2n) is 4.85. The lowest BCUT2D eigenvalue weighted by Crippen LogP contribution is -2.21. The van der Waals surface area contributed by atoms with Gasteiger partial charge in [-0.2, -0.15) is 0 Å². The smallest absolute Gasteiger partial charge is 0.266 e. The summed E-state index contributed by atoms with van der Waals surface area (Å²) in [6.45, 7) is 0. The van der Waals surface area contributed by atoms with E-state index in [1.807, 2.05) is 6.07 Å². The van der Waals surface area contributed by atoms with Gasteiger partial charge in [0.25, 0.3) is 5.56 Å². The lowest BCUT2D eigenvalue weighted by molar-refractivity contribution is 0.103. The van der Waals surface area contributed by atoms with Gasteiger partial charge in [0.1, 0.15) is 0 Å². The van der Waals surface area contributed by atoms with E-state index < -0.39 is 0 Å². The van der Waals surface area contributed by atoms with E-state index in [4.69, 9.17) is 0 Å². The third kappa shape index (κ3) is 1.95. The minimum absolute atomic E-state index is 0.164. The van der Waals surface area contributed by atoms with E-state index in [1.165, 1.54) is 4.57 Å². The normalized spacial score (nSPS) is 12.6. The maximum absolute atomic E-state index is 12.8. The third-order valence-electron chi connectivity index (χ3n) is 3.54. The predicted molar refractivity (Wildman–Crippen MR) is 98.9 cm³/mol. The number of ketones is 1. The summed E-state index contributed by atoms with van der Waals surface area (Å²) < 4.78 is 3.79. The number of halogens is 3. The summed E-state index contributed by atoms with van der Waals surface area (Å²) in [6.07, 6.45) is 0. The van der Waals surface area contributed by atoms with Crippen LogP contribution in [0, 0.1) is 3.57 Å². The molecule has 0 aliphatic carbocycles. The van der Waals surface area contributed by atoms with Gasteiger partial charge >= 0.3 is 0 Å². The highest BCUT2D eigenvalue weighted by atomic mass is 127. The Balaban J connectivity index is 2.20. The molecule has 3 aromatic rings. The van der Waals surface area contributed by atoms with Gasteiger partial charge in [0.15, 0.2) is 5.82 Å². The van der Waals surface area contributed by atoms with Crippen LogP contribution in [0.4, 0.5) is 0 Å². The highest BCUT2D eigenvalue weighted by Crippen LogP contribution is 2.30. The summed E-state index contributed by atoms with van der Waals surface area (Å²) in [5, 5.41) is 0.462. The molecule has 0 saturated heterocycles. The van der Waals surface area contributed by atoms with E-state index in [9.17, 15) is 9.59 Å². The van der Waals surface area contributed by atoms with Crippen molar-refractivity contribution in [2.24, 2.45) is 0 Å². The van der Waals surface area contributed by atoms with Crippen molar-refractivity contribution in [2.75, 3.05) is 0 Å². The highest BCUT2D eigenvalue weighted by Gasteiger charge is 2.30. The summed E-state index contributed by atoms with van der Waals surface area (Å²) in [7, 11) is 0. The fourth-order valence-corrected chi connectivity index (χ4v) is 4.40. The van der Waals surface area contributed by atoms with Crippen molar-refractivity contribution in [3.05, 3.63) is 64.6 Å². The quantitative estimate of drug-likeness (QED) is 0.322. The summed E-state index contributed by atoms with van der Waals surface area (Å²) in [6, 6.07) is 8.96. The number of fused-ring (bicyclic) bond motifs is 4. The Labute approximate surface area is 154 Å². The van der Waals surface area contributed by atoms with E-state index in [1.54, 1.807) is 24.3 Å². The van der Waals surface area contributed by atoms with Crippen LogP contribution in [-0.2, 0) is 0 Å². The molecule has 0 fully saturated rings. The standard InChI is InChI=1S/C15H5Br2IN2O2/c16-6-3-9-12(10(17)4-6)19-14-13(21)8-5-7(18)1-2-11(8)20(14)15(9)22/h1-5H. The van der Waals surface area contributed by atoms with Gasteiger partial charge in [0, 0.05) is 12.5 Å². The first-order valence-electron chi connectivity index (χ1n) is 6.24. The maximum atomic E-state index is 12.8. The maximum Gasteiger partial charge on any atom is 0.266 e. The Hall–Kier alpha value is -1.06. The van der Waals surface area contributed by atoms with Crippen LogP contribution in [-0.4, -0.2) is 15.3 Å². The molecule has 0 atom stereocenters. The molecule has 0 saturated carbocycles. The van der Waals surface area contributed by atoms with Crippen molar-refractivity contribution in [2.45, 2.75) is 0 Å².